The minimum absolute atomic E-state index is 0.562. The summed E-state index contributed by atoms with van der Waals surface area (Å²) in [7, 11) is 2.16. The van der Waals surface area contributed by atoms with Crippen molar-refractivity contribution < 1.29 is 0 Å². The lowest BCUT2D eigenvalue weighted by Gasteiger charge is -2.36. The molecule has 4 rings (SSSR count). The molecule has 0 fully saturated rings. The molecule has 0 aliphatic carbocycles. The van der Waals surface area contributed by atoms with E-state index in [9.17, 15) is 0 Å². The van der Waals surface area contributed by atoms with Crippen molar-refractivity contribution in [3.8, 4) is 0 Å². The van der Waals surface area contributed by atoms with Crippen LogP contribution in [0.25, 0.3) is 10.8 Å². The lowest BCUT2D eigenvalue weighted by Crippen LogP contribution is -2.57. The lowest BCUT2D eigenvalue weighted by molar-refractivity contribution is 0.500. The van der Waals surface area contributed by atoms with E-state index in [1.807, 2.05) is 36.0 Å². The number of hydrogen-bond acceptors (Lipinski definition) is 2. The van der Waals surface area contributed by atoms with Gasteiger partial charge in [0.1, 0.15) is 0 Å². The molecule has 3 aromatic carbocycles. The summed E-state index contributed by atoms with van der Waals surface area (Å²) in [4.78, 5) is 6.13. The molecule has 0 radical (unpaired) electrons. The highest BCUT2D eigenvalue weighted by Crippen LogP contribution is 2.38. The van der Waals surface area contributed by atoms with E-state index in [1.54, 1.807) is 0 Å². The van der Waals surface area contributed by atoms with E-state index in [2.05, 4.69) is 49.5 Å². The number of guanidine groups is 1. The number of fused-ring (bicyclic) bond motifs is 2. The maximum atomic E-state index is 6.53. The third-order valence-electron chi connectivity index (χ3n) is 4.70. The second-order valence-corrected chi connectivity index (χ2v) is 7.34. The van der Waals surface area contributed by atoms with E-state index in [4.69, 9.17) is 10.7 Å². The molecular formula is C20H20N3S+. The van der Waals surface area contributed by atoms with Crippen molar-refractivity contribution in [2.75, 3.05) is 19.3 Å². The first-order valence-electron chi connectivity index (χ1n) is 8.09. The van der Waals surface area contributed by atoms with Crippen LogP contribution in [0.4, 0.5) is 11.4 Å². The Morgan fingerprint density at radius 2 is 1.75 bits per heavy atom. The molecule has 1 atom stereocenters. The second-order valence-electron chi connectivity index (χ2n) is 6.20. The first kappa shape index (κ1) is 15.2. The summed E-state index contributed by atoms with van der Waals surface area (Å²) >= 11 is 1.89. The fourth-order valence-electron chi connectivity index (χ4n) is 3.22. The van der Waals surface area contributed by atoms with Gasteiger partial charge in [-0.05, 0) is 17.5 Å². The Labute approximate surface area is 146 Å². The average Bonchev–Trinajstić information content (AvgIpc) is 2.62. The van der Waals surface area contributed by atoms with Crippen molar-refractivity contribution in [3.63, 3.8) is 0 Å². The average molecular weight is 334 g/mol. The van der Waals surface area contributed by atoms with Gasteiger partial charge < -0.3 is 5.73 Å². The van der Waals surface area contributed by atoms with E-state index in [-0.39, 0.29) is 0 Å². The summed E-state index contributed by atoms with van der Waals surface area (Å²) in [6.45, 7) is 0.946. The smallest absolute Gasteiger partial charge is 0.305 e. The Bertz CT molecular complexity index is 930. The van der Waals surface area contributed by atoms with Crippen LogP contribution in [0.3, 0.4) is 0 Å². The van der Waals surface area contributed by atoms with Crippen LogP contribution in [0.2, 0.25) is 0 Å². The van der Waals surface area contributed by atoms with Crippen LogP contribution in [0.15, 0.2) is 76.6 Å². The lowest BCUT2D eigenvalue weighted by atomic mass is 10.1. The Balaban J connectivity index is 1.83. The zero-order chi connectivity index (χ0) is 16.6. The largest absolute Gasteiger partial charge is 0.337 e. The van der Waals surface area contributed by atoms with Gasteiger partial charge in [0.05, 0.1) is 24.2 Å². The minimum atomic E-state index is 0.562. The van der Waals surface area contributed by atoms with Crippen molar-refractivity contribution in [2.24, 2.45) is 10.7 Å². The fourth-order valence-corrected chi connectivity index (χ4v) is 4.49. The number of rotatable bonds is 1. The quantitative estimate of drug-likeness (QED) is 0.403. The predicted molar refractivity (Wildman–Crippen MR) is 105 cm³/mol. The molecule has 0 saturated carbocycles. The first-order valence-corrected chi connectivity index (χ1v) is 9.07. The first-order chi connectivity index (χ1) is 11.7. The van der Waals surface area contributed by atoms with Crippen LogP contribution in [-0.4, -0.2) is 25.3 Å². The Hall–Kier alpha value is -2.30. The van der Waals surface area contributed by atoms with Crippen molar-refractivity contribution in [1.82, 2.24) is 4.48 Å². The van der Waals surface area contributed by atoms with Crippen molar-refractivity contribution >= 4 is 39.9 Å². The van der Waals surface area contributed by atoms with Crippen LogP contribution in [0, 0.1) is 0 Å². The summed E-state index contributed by atoms with van der Waals surface area (Å²) in [6, 6.07) is 23.0. The van der Waals surface area contributed by atoms with Crippen molar-refractivity contribution in [3.05, 3.63) is 66.7 Å². The van der Waals surface area contributed by atoms with Crippen LogP contribution < -0.4 is 10.2 Å². The highest BCUT2D eigenvalue weighted by Gasteiger charge is 2.36. The topological polar surface area (TPSA) is 38.4 Å². The zero-order valence-electron chi connectivity index (χ0n) is 13.6. The van der Waals surface area contributed by atoms with E-state index in [1.165, 1.54) is 16.0 Å². The molecule has 24 heavy (non-hydrogen) atoms. The number of benzene rings is 3. The molecule has 1 heterocycles. The molecule has 2 N–H and O–H groups in total. The van der Waals surface area contributed by atoms with Crippen LogP contribution >= 0.6 is 11.8 Å². The van der Waals surface area contributed by atoms with Crippen LogP contribution in [-0.2, 0) is 0 Å². The summed E-state index contributed by atoms with van der Waals surface area (Å²) in [5.74, 6) is 1.68. The molecule has 0 bridgehead atoms. The fraction of sp³-hybridized carbons (Fsp3) is 0.150. The number of thioether (sulfide) groups is 1. The predicted octanol–water partition coefficient (Wildman–Crippen LogP) is 4.53. The standard InChI is InChI=1S/C20H20N3S/c1-23(13-14-24-19-12-5-4-11-18(19)23)20(21)22-17-10-6-8-15-7-2-3-9-16(15)17/h2-12H,13-14H2,1H3,(H2,21,22)/q+1. The van der Waals surface area contributed by atoms with E-state index < -0.39 is 0 Å². The molecule has 0 amide bonds. The van der Waals surface area contributed by atoms with E-state index in [0.29, 0.717) is 10.4 Å². The summed E-state index contributed by atoms with van der Waals surface area (Å²) in [6.07, 6.45) is 0. The van der Waals surface area contributed by atoms with Crippen LogP contribution in [0.5, 0.6) is 0 Å². The molecule has 1 aliphatic rings. The second kappa shape index (κ2) is 5.96. The van der Waals surface area contributed by atoms with Gasteiger partial charge in [-0.3, -0.25) is 0 Å². The van der Waals surface area contributed by atoms with Crippen molar-refractivity contribution in [2.45, 2.75) is 4.90 Å². The van der Waals surface area contributed by atoms with Crippen molar-refractivity contribution in [1.29, 1.82) is 0 Å². The molecule has 1 unspecified atom stereocenters. The number of para-hydroxylation sites is 1. The Morgan fingerprint density at radius 3 is 2.67 bits per heavy atom. The van der Waals surface area contributed by atoms with Gasteiger partial charge in [-0.2, -0.15) is 4.99 Å². The molecule has 0 saturated heterocycles. The van der Waals surface area contributed by atoms with Gasteiger partial charge in [-0.1, -0.05) is 48.5 Å². The maximum absolute atomic E-state index is 6.53. The third kappa shape index (κ3) is 2.48. The molecule has 4 heteroatoms. The van der Waals surface area contributed by atoms with E-state index in [0.717, 1.165) is 23.4 Å². The van der Waals surface area contributed by atoms with Gasteiger partial charge in [-0.25, -0.2) is 4.48 Å². The number of hydrogen-bond donors (Lipinski definition) is 1. The molecule has 3 aromatic rings. The summed E-state index contributed by atoms with van der Waals surface area (Å²) < 4.78 is 0.562. The zero-order valence-corrected chi connectivity index (χ0v) is 14.5. The molecule has 0 spiro atoms. The Morgan fingerprint density at radius 1 is 1.00 bits per heavy atom. The van der Waals surface area contributed by atoms with Gasteiger partial charge >= 0.3 is 5.96 Å². The number of aliphatic imine (C=N–C) groups is 1. The summed E-state index contributed by atoms with van der Waals surface area (Å²) in [5, 5.41) is 2.32. The van der Waals surface area contributed by atoms with Gasteiger partial charge in [0.2, 0.25) is 0 Å². The molecular weight excluding hydrogens is 314 g/mol. The van der Waals surface area contributed by atoms with Gasteiger partial charge in [0.15, 0.2) is 5.69 Å². The van der Waals surface area contributed by atoms with Gasteiger partial charge in [0, 0.05) is 17.2 Å². The molecule has 120 valence electrons. The number of nitrogens with two attached hydrogens (primary N) is 1. The van der Waals surface area contributed by atoms with Crippen LogP contribution in [0.1, 0.15) is 0 Å². The highest BCUT2D eigenvalue weighted by atomic mass is 32.2. The number of nitrogens with zero attached hydrogens (tertiary/aromatic N) is 2. The maximum Gasteiger partial charge on any atom is 0.305 e. The monoisotopic (exact) mass is 334 g/mol. The third-order valence-corrected chi connectivity index (χ3v) is 5.74. The normalized spacial score (nSPS) is 20.8. The SMILES string of the molecule is C[N+]1(C(N)=Nc2cccc3ccccc23)CCSc2ccccc21. The molecule has 0 aromatic heterocycles. The van der Waals surface area contributed by atoms with Gasteiger partial charge in [0.25, 0.3) is 0 Å². The minimum Gasteiger partial charge on any atom is -0.337 e. The highest BCUT2D eigenvalue weighted by molar-refractivity contribution is 7.99. The molecule has 1 aliphatic heterocycles. The summed E-state index contributed by atoms with van der Waals surface area (Å²) in [5.41, 5.74) is 8.70. The number of quaternary nitrogens is 1. The van der Waals surface area contributed by atoms with Gasteiger partial charge in [-0.15, -0.1) is 11.8 Å². The Kier molecular flexibility index (Phi) is 3.79. The van der Waals surface area contributed by atoms with E-state index >= 15 is 0 Å². The molecule has 3 nitrogen and oxygen atoms in total.